The predicted octanol–water partition coefficient (Wildman–Crippen LogP) is 3.02. The number of halogens is 1. The fourth-order valence-electron chi connectivity index (χ4n) is 2.74. The van der Waals surface area contributed by atoms with Crippen molar-refractivity contribution in [2.75, 3.05) is 13.7 Å². The van der Waals surface area contributed by atoms with E-state index in [-0.39, 0.29) is 5.97 Å². The average molecular weight is 309 g/mol. The summed E-state index contributed by atoms with van der Waals surface area (Å²) < 4.78 is 5.12. The molecule has 1 unspecified atom stereocenters. The molecule has 0 fully saturated rings. The molecule has 114 valence electrons. The standard InChI is InChI=1S/C16H21ClN2O2/c1-5-11-12(8-7-9-13(11)17)15-10(3)14(18-19(15)4)16(20)21-6-2/h7-9,14,18H,5-6H2,1-4H3. The quantitative estimate of drug-likeness (QED) is 0.868. The Kier molecular flexibility index (Phi) is 4.91. The maximum absolute atomic E-state index is 12.0. The number of hydrazine groups is 1. The van der Waals surface area contributed by atoms with Crippen molar-refractivity contribution in [3.63, 3.8) is 0 Å². The number of esters is 1. The Balaban J connectivity index is 2.47. The van der Waals surface area contributed by atoms with Gasteiger partial charge in [-0.2, -0.15) is 0 Å². The Bertz CT molecular complexity index is 584. The Morgan fingerprint density at radius 3 is 2.76 bits per heavy atom. The molecule has 21 heavy (non-hydrogen) atoms. The molecule has 1 atom stereocenters. The number of carbonyl (C=O) groups is 1. The molecule has 0 aliphatic carbocycles. The van der Waals surface area contributed by atoms with E-state index in [4.69, 9.17) is 16.3 Å². The molecule has 5 heteroatoms. The van der Waals surface area contributed by atoms with Gasteiger partial charge in [0.25, 0.3) is 0 Å². The maximum Gasteiger partial charge on any atom is 0.329 e. The fourth-order valence-corrected chi connectivity index (χ4v) is 3.05. The largest absolute Gasteiger partial charge is 0.465 e. The molecule has 0 saturated carbocycles. The van der Waals surface area contributed by atoms with E-state index in [9.17, 15) is 4.79 Å². The molecule has 0 bridgehead atoms. The van der Waals surface area contributed by atoms with Crippen LogP contribution in [0.2, 0.25) is 5.02 Å². The Morgan fingerprint density at radius 2 is 2.14 bits per heavy atom. The third kappa shape index (κ3) is 2.92. The van der Waals surface area contributed by atoms with Crippen molar-refractivity contribution in [3.05, 3.63) is 39.9 Å². The van der Waals surface area contributed by atoms with Gasteiger partial charge in [0.1, 0.15) is 6.04 Å². The van der Waals surface area contributed by atoms with Crippen LogP contribution in [0.15, 0.2) is 23.8 Å². The summed E-state index contributed by atoms with van der Waals surface area (Å²) >= 11 is 6.30. The monoisotopic (exact) mass is 308 g/mol. The Morgan fingerprint density at radius 1 is 1.43 bits per heavy atom. The minimum absolute atomic E-state index is 0.253. The number of hydrogen-bond donors (Lipinski definition) is 1. The van der Waals surface area contributed by atoms with Gasteiger partial charge in [-0.25, -0.2) is 10.2 Å². The van der Waals surface area contributed by atoms with Crippen molar-refractivity contribution in [2.24, 2.45) is 0 Å². The van der Waals surface area contributed by atoms with Crippen molar-refractivity contribution in [3.8, 4) is 0 Å². The van der Waals surface area contributed by atoms with Crippen LogP contribution in [0.4, 0.5) is 0 Å². The molecule has 0 saturated heterocycles. The molecular weight excluding hydrogens is 288 g/mol. The van der Waals surface area contributed by atoms with Crippen LogP contribution in [0.25, 0.3) is 5.70 Å². The molecule has 1 N–H and O–H groups in total. The minimum atomic E-state index is -0.436. The first kappa shape index (κ1) is 15.9. The van der Waals surface area contributed by atoms with Crippen LogP contribution < -0.4 is 5.43 Å². The summed E-state index contributed by atoms with van der Waals surface area (Å²) in [6, 6.07) is 5.43. The summed E-state index contributed by atoms with van der Waals surface area (Å²) in [7, 11) is 1.90. The highest BCUT2D eigenvalue weighted by Crippen LogP contribution is 2.33. The zero-order valence-corrected chi connectivity index (χ0v) is 13.6. The summed E-state index contributed by atoms with van der Waals surface area (Å²) in [5.41, 5.74) is 7.24. The van der Waals surface area contributed by atoms with E-state index < -0.39 is 6.04 Å². The van der Waals surface area contributed by atoms with E-state index in [0.717, 1.165) is 33.8 Å². The van der Waals surface area contributed by atoms with Crippen molar-refractivity contribution >= 4 is 23.3 Å². The second kappa shape index (κ2) is 6.50. The van der Waals surface area contributed by atoms with Gasteiger partial charge in [-0.15, -0.1) is 0 Å². The van der Waals surface area contributed by atoms with Crippen LogP contribution in [-0.4, -0.2) is 30.7 Å². The first-order chi connectivity index (χ1) is 10.0. The number of nitrogens with zero attached hydrogens (tertiary/aromatic N) is 1. The number of rotatable bonds is 4. The highest BCUT2D eigenvalue weighted by Gasteiger charge is 2.33. The summed E-state index contributed by atoms with van der Waals surface area (Å²) in [6.07, 6.45) is 0.837. The molecule has 1 aliphatic heterocycles. The predicted molar refractivity (Wildman–Crippen MR) is 84.7 cm³/mol. The first-order valence-corrected chi connectivity index (χ1v) is 7.54. The minimum Gasteiger partial charge on any atom is -0.465 e. The molecule has 0 amide bonds. The summed E-state index contributed by atoms with van der Waals surface area (Å²) in [5, 5.41) is 2.63. The van der Waals surface area contributed by atoms with E-state index in [1.54, 1.807) is 0 Å². The molecule has 1 aliphatic rings. The summed E-state index contributed by atoms with van der Waals surface area (Å²) in [5.74, 6) is -0.253. The van der Waals surface area contributed by atoms with Crippen LogP contribution in [0.3, 0.4) is 0 Å². The van der Waals surface area contributed by atoms with Crippen LogP contribution in [0, 0.1) is 0 Å². The van der Waals surface area contributed by atoms with E-state index in [1.165, 1.54) is 0 Å². The van der Waals surface area contributed by atoms with E-state index in [1.807, 2.05) is 44.1 Å². The normalized spacial score (nSPS) is 18.3. The van der Waals surface area contributed by atoms with Gasteiger partial charge < -0.3 is 9.75 Å². The van der Waals surface area contributed by atoms with E-state index in [0.29, 0.717) is 6.61 Å². The first-order valence-electron chi connectivity index (χ1n) is 7.16. The van der Waals surface area contributed by atoms with Crippen molar-refractivity contribution in [1.82, 2.24) is 10.4 Å². The highest BCUT2D eigenvalue weighted by atomic mass is 35.5. The van der Waals surface area contributed by atoms with Gasteiger partial charge in [-0.3, -0.25) is 0 Å². The van der Waals surface area contributed by atoms with Gasteiger partial charge in [0.15, 0.2) is 0 Å². The van der Waals surface area contributed by atoms with Crippen LogP contribution in [0.1, 0.15) is 31.9 Å². The van der Waals surface area contributed by atoms with Crippen molar-refractivity contribution < 1.29 is 9.53 Å². The second-order valence-electron chi connectivity index (χ2n) is 5.02. The number of nitrogens with one attached hydrogen (secondary N) is 1. The Labute approximate surface area is 130 Å². The van der Waals surface area contributed by atoms with Gasteiger partial charge in [-0.1, -0.05) is 30.7 Å². The number of ether oxygens (including phenoxy) is 1. The topological polar surface area (TPSA) is 41.6 Å². The molecule has 0 aromatic heterocycles. The number of hydrogen-bond acceptors (Lipinski definition) is 4. The van der Waals surface area contributed by atoms with E-state index in [2.05, 4.69) is 12.3 Å². The molecule has 0 radical (unpaired) electrons. The molecular formula is C16H21ClN2O2. The lowest BCUT2D eigenvalue weighted by atomic mass is 9.98. The lowest BCUT2D eigenvalue weighted by Crippen LogP contribution is -2.40. The van der Waals surface area contributed by atoms with Crippen molar-refractivity contribution in [2.45, 2.75) is 33.2 Å². The van der Waals surface area contributed by atoms with Crippen LogP contribution in [0.5, 0.6) is 0 Å². The second-order valence-corrected chi connectivity index (χ2v) is 5.43. The number of benzene rings is 1. The lowest BCUT2D eigenvalue weighted by molar-refractivity contribution is -0.145. The van der Waals surface area contributed by atoms with Gasteiger partial charge in [0.2, 0.25) is 0 Å². The van der Waals surface area contributed by atoms with Crippen LogP contribution in [-0.2, 0) is 16.0 Å². The fraction of sp³-hybridized carbons (Fsp3) is 0.438. The van der Waals surface area contributed by atoms with Crippen molar-refractivity contribution in [1.29, 1.82) is 0 Å². The molecule has 1 heterocycles. The molecule has 2 rings (SSSR count). The maximum atomic E-state index is 12.0. The molecule has 1 aromatic carbocycles. The number of carbonyl (C=O) groups excluding carboxylic acids is 1. The van der Waals surface area contributed by atoms with E-state index >= 15 is 0 Å². The highest BCUT2D eigenvalue weighted by molar-refractivity contribution is 6.31. The SMILES string of the molecule is CCOC(=O)C1NN(C)C(c2cccc(Cl)c2CC)=C1C. The van der Waals surface area contributed by atoms with Gasteiger partial charge >= 0.3 is 5.97 Å². The molecule has 1 aromatic rings. The average Bonchev–Trinajstić information content (AvgIpc) is 2.74. The van der Waals surface area contributed by atoms with Crippen LogP contribution >= 0.6 is 11.6 Å². The zero-order valence-electron chi connectivity index (χ0n) is 12.9. The lowest BCUT2D eigenvalue weighted by Gasteiger charge is -2.20. The Hall–Kier alpha value is -1.52. The summed E-state index contributed by atoms with van der Waals surface area (Å²) in [6.45, 7) is 6.21. The summed E-state index contributed by atoms with van der Waals surface area (Å²) in [4.78, 5) is 12.0. The van der Waals surface area contributed by atoms with Gasteiger partial charge in [0.05, 0.1) is 12.3 Å². The van der Waals surface area contributed by atoms with Gasteiger partial charge in [0, 0.05) is 17.6 Å². The third-order valence-corrected chi connectivity index (χ3v) is 4.07. The third-order valence-electron chi connectivity index (χ3n) is 3.71. The van der Waals surface area contributed by atoms with Gasteiger partial charge in [-0.05, 0) is 37.5 Å². The zero-order chi connectivity index (χ0) is 15.6. The molecule has 4 nitrogen and oxygen atoms in total. The molecule has 0 spiro atoms. The smallest absolute Gasteiger partial charge is 0.329 e.